The minimum atomic E-state index is -1.01. The third-order valence-corrected chi connectivity index (χ3v) is 2.34. The van der Waals surface area contributed by atoms with Crippen molar-refractivity contribution in [2.24, 2.45) is 17.8 Å². The van der Waals surface area contributed by atoms with E-state index in [4.69, 9.17) is 5.11 Å². The van der Waals surface area contributed by atoms with Crippen LogP contribution in [0.4, 0.5) is 0 Å². The van der Waals surface area contributed by atoms with Crippen molar-refractivity contribution in [1.82, 2.24) is 5.32 Å². The molecule has 0 spiro atoms. The summed E-state index contributed by atoms with van der Waals surface area (Å²) in [6, 6.07) is 0. The quantitative estimate of drug-likeness (QED) is 0.578. The first-order valence-corrected chi connectivity index (χ1v) is 4.04. The van der Waals surface area contributed by atoms with Crippen molar-refractivity contribution in [2.45, 2.75) is 13.8 Å². The highest BCUT2D eigenvalue weighted by molar-refractivity contribution is 5.98. The van der Waals surface area contributed by atoms with Crippen molar-refractivity contribution in [1.29, 1.82) is 0 Å². The summed E-state index contributed by atoms with van der Waals surface area (Å²) in [6.45, 7) is 4.36. The van der Waals surface area contributed by atoms with Crippen molar-refractivity contribution in [3.63, 3.8) is 0 Å². The Bertz CT molecular complexity index is 212. The summed E-state index contributed by atoms with van der Waals surface area (Å²) < 4.78 is 0. The first-order valence-electron chi connectivity index (χ1n) is 4.04. The van der Waals surface area contributed by atoms with E-state index in [1.807, 2.05) is 13.8 Å². The molecule has 0 bridgehead atoms. The monoisotopic (exact) mass is 171 g/mol. The smallest absolute Gasteiger partial charge is 0.316 e. The summed E-state index contributed by atoms with van der Waals surface area (Å²) >= 11 is 0. The minimum absolute atomic E-state index is 0.0602. The molecule has 1 saturated heterocycles. The van der Waals surface area contributed by atoms with E-state index in [-0.39, 0.29) is 17.7 Å². The normalized spacial score (nSPS) is 29.1. The Morgan fingerprint density at radius 2 is 2.25 bits per heavy atom. The predicted molar refractivity (Wildman–Crippen MR) is 42.5 cm³/mol. The van der Waals surface area contributed by atoms with E-state index in [0.717, 1.165) is 0 Å². The molecule has 0 radical (unpaired) electrons. The van der Waals surface area contributed by atoms with Crippen molar-refractivity contribution >= 4 is 11.9 Å². The molecule has 4 heteroatoms. The molecule has 1 aliphatic rings. The summed E-state index contributed by atoms with van der Waals surface area (Å²) in [4.78, 5) is 21.7. The standard InChI is InChI=1S/C8H13NO3/c1-4(2)5-3-9-7(10)6(5)8(11)12/h4-6H,3H2,1-2H3,(H,9,10)(H,11,12)/t5-,6+/m0/s1. The molecule has 0 unspecified atom stereocenters. The molecule has 0 saturated carbocycles. The number of carbonyl (C=O) groups is 2. The summed E-state index contributed by atoms with van der Waals surface area (Å²) in [6.07, 6.45) is 0. The van der Waals surface area contributed by atoms with Gasteiger partial charge in [-0.3, -0.25) is 9.59 Å². The van der Waals surface area contributed by atoms with Gasteiger partial charge in [-0.1, -0.05) is 13.8 Å². The zero-order chi connectivity index (χ0) is 9.30. The van der Waals surface area contributed by atoms with Gasteiger partial charge in [-0.05, 0) is 5.92 Å². The highest BCUT2D eigenvalue weighted by atomic mass is 16.4. The zero-order valence-corrected chi connectivity index (χ0v) is 7.20. The average molecular weight is 171 g/mol. The van der Waals surface area contributed by atoms with E-state index in [1.165, 1.54) is 0 Å². The van der Waals surface area contributed by atoms with Crippen LogP contribution in [0, 0.1) is 17.8 Å². The van der Waals surface area contributed by atoms with Crippen LogP contribution in [0.1, 0.15) is 13.8 Å². The van der Waals surface area contributed by atoms with Gasteiger partial charge in [-0.2, -0.15) is 0 Å². The second-order valence-corrected chi connectivity index (χ2v) is 3.47. The van der Waals surface area contributed by atoms with Crippen molar-refractivity contribution < 1.29 is 14.7 Å². The van der Waals surface area contributed by atoms with E-state index < -0.39 is 11.9 Å². The summed E-state index contributed by atoms with van der Waals surface area (Å²) in [5, 5.41) is 11.3. The third kappa shape index (κ3) is 1.42. The molecular formula is C8H13NO3. The van der Waals surface area contributed by atoms with Crippen molar-refractivity contribution in [2.75, 3.05) is 6.54 Å². The Labute approximate surface area is 71.0 Å². The van der Waals surface area contributed by atoms with E-state index >= 15 is 0 Å². The summed E-state index contributed by atoms with van der Waals surface area (Å²) in [7, 11) is 0. The van der Waals surface area contributed by atoms with Gasteiger partial charge in [0.1, 0.15) is 5.92 Å². The van der Waals surface area contributed by atoms with Gasteiger partial charge in [0.15, 0.2) is 0 Å². The third-order valence-electron chi connectivity index (χ3n) is 2.34. The Kier molecular flexibility index (Phi) is 2.35. The van der Waals surface area contributed by atoms with Crippen LogP contribution in [0.25, 0.3) is 0 Å². The number of amides is 1. The predicted octanol–water partition coefficient (Wildman–Crippen LogP) is 0.0892. The fourth-order valence-corrected chi connectivity index (χ4v) is 1.56. The van der Waals surface area contributed by atoms with E-state index in [1.54, 1.807) is 0 Å². The maximum absolute atomic E-state index is 11.0. The van der Waals surface area contributed by atoms with E-state index in [0.29, 0.717) is 6.54 Å². The molecule has 1 fully saturated rings. The number of hydrogen-bond donors (Lipinski definition) is 2. The van der Waals surface area contributed by atoms with Gasteiger partial charge < -0.3 is 10.4 Å². The fraction of sp³-hybridized carbons (Fsp3) is 0.750. The minimum Gasteiger partial charge on any atom is -0.481 e. The Morgan fingerprint density at radius 3 is 2.58 bits per heavy atom. The largest absolute Gasteiger partial charge is 0.481 e. The lowest BCUT2D eigenvalue weighted by molar-refractivity contribution is -0.147. The lowest BCUT2D eigenvalue weighted by atomic mass is 9.86. The summed E-state index contributed by atoms with van der Waals surface area (Å²) in [5.74, 6) is -2.03. The SMILES string of the molecule is CC(C)[C@@H]1CNC(=O)[C@@H]1C(=O)O. The van der Waals surface area contributed by atoms with Gasteiger partial charge >= 0.3 is 5.97 Å². The van der Waals surface area contributed by atoms with E-state index in [9.17, 15) is 9.59 Å². The van der Waals surface area contributed by atoms with Crippen LogP contribution in [-0.4, -0.2) is 23.5 Å². The van der Waals surface area contributed by atoms with Crippen LogP contribution in [0.5, 0.6) is 0 Å². The second kappa shape index (κ2) is 3.13. The molecule has 0 aromatic rings. The molecule has 0 aliphatic carbocycles. The maximum Gasteiger partial charge on any atom is 0.316 e. The molecule has 1 amide bonds. The molecule has 2 N–H and O–H groups in total. The number of carboxylic acids is 1. The van der Waals surface area contributed by atoms with Crippen LogP contribution < -0.4 is 5.32 Å². The van der Waals surface area contributed by atoms with Crippen LogP contribution in [0.3, 0.4) is 0 Å². The topological polar surface area (TPSA) is 66.4 Å². The molecule has 0 aromatic carbocycles. The average Bonchev–Trinajstić information content (AvgIpc) is 2.30. The van der Waals surface area contributed by atoms with Gasteiger partial charge in [0.2, 0.25) is 5.91 Å². The number of rotatable bonds is 2. The van der Waals surface area contributed by atoms with Gasteiger partial charge in [-0.25, -0.2) is 0 Å². The lowest BCUT2D eigenvalue weighted by Gasteiger charge is -2.16. The van der Waals surface area contributed by atoms with Crippen LogP contribution in [0.15, 0.2) is 0 Å². The molecule has 1 rings (SSSR count). The molecule has 0 aromatic heterocycles. The molecule has 1 heterocycles. The first kappa shape index (κ1) is 9.03. The van der Waals surface area contributed by atoms with Crippen LogP contribution >= 0.6 is 0 Å². The molecule has 2 atom stereocenters. The highest BCUT2D eigenvalue weighted by Crippen LogP contribution is 2.25. The van der Waals surface area contributed by atoms with Gasteiger partial charge in [0, 0.05) is 12.5 Å². The molecule has 12 heavy (non-hydrogen) atoms. The van der Waals surface area contributed by atoms with E-state index in [2.05, 4.69) is 5.32 Å². The molecular weight excluding hydrogens is 158 g/mol. The molecule has 4 nitrogen and oxygen atoms in total. The number of nitrogens with one attached hydrogen (secondary N) is 1. The van der Waals surface area contributed by atoms with Gasteiger partial charge in [0.05, 0.1) is 0 Å². The number of aliphatic carboxylic acids is 1. The molecule has 68 valence electrons. The number of carboxylic acid groups (broad SMARTS) is 1. The fourth-order valence-electron chi connectivity index (χ4n) is 1.56. The Morgan fingerprint density at radius 1 is 1.67 bits per heavy atom. The van der Waals surface area contributed by atoms with Gasteiger partial charge in [0.25, 0.3) is 0 Å². The Hall–Kier alpha value is -1.06. The maximum atomic E-state index is 11.0. The second-order valence-electron chi connectivity index (χ2n) is 3.47. The van der Waals surface area contributed by atoms with Crippen LogP contribution in [-0.2, 0) is 9.59 Å². The van der Waals surface area contributed by atoms with Gasteiger partial charge in [-0.15, -0.1) is 0 Å². The van der Waals surface area contributed by atoms with Crippen LogP contribution in [0.2, 0.25) is 0 Å². The number of carbonyl (C=O) groups excluding carboxylic acids is 1. The van der Waals surface area contributed by atoms with Crippen molar-refractivity contribution in [3.8, 4) is 0 Å². The number of hydrogen-bond acceptors (Lipinski definition) is 2. The molecule has 1 aliphatic heterocycles. The lowest BCUT2D eigenvalue weighted by Crippen LogP contribution is -2.29. The zero-order valence-electron chi connectivity index (χ0n) is 7.20. The Balaban J connectivity index is 2.77. The van der Waals surface area contributed by atoms with Crippen molar-refractivity contribution in [3.05, 3.63) is 0 Å². The highest BCUT2D eigenvalue weighted by Gasteiger charge is 2.41. The first-order chi connectivity index (χ1) is 5.54. The summed E-state index contributed by atoms with van der Waals surface area (Å²) in [5.41, 5.74) is 0.